The van der Waals surface area contributed by atoms with E-state index in [9.17, 15) is 9.59 Å². The maximum atomic E-state index is 11.9. The van der Waals surface area contributed by atoms with Crippen molar-refractivity contribution in [2.24, 2.45) is 0 Å². The first-order valence-electron chi connectivity index (χ1n) is 7.47. The van der Waals surface area contributed by atoms with Gasteiger partial charge in [-0.2, -0.15) is 0 Å². The fourth-order valence-electron chi connectivity index (χ4n) is 2.59. The first kappa shape index (κ1) is 15.7. The molecule has 0 spiro atoms. The summed E-state index contributed by atoms with van der Waals surface area (Å²) in [6.45, 7) is 0.403. The third-order valence-corrected chi connectivity index (χ3v) is 3.77. The van der Waals surface area contributed by atoms with E-state index in [1.165, 1.54) is 6.07 Å². The summed E-state index contributed by atoms with van der Waals surface area (Å²) >= 11 is 0. The van der Waals surface area contributed by atoms with Gasteiger partial charge in [0.05, 0.1) is 6.54 Å². The van der Waals surface area contributed by atoms with Crippen LogP contribution in [0, 0.1) is 0 Å². The van der Waals surface area contributed by atoms with Gasteiger partial charge in [-0.25, -0.2) is 5.48 Å². The van der Waals surface area contributed by atoms with Crippen molar-refractivity contribution in [3.8, 4) is 11.1 Å². The van der Waals surface area contributed by atoms with Crippen molar-refractivity contribution < 1.29 is 10.0 Å². The Morgan fingerprint density at radius 2 is 1.75 bits per heavy atom. The van der Waals surface area contributed by atoms with E-state index in [1.807, 2.05) is 36.4 Å². The zero-order valence-corrected chi connectivity index (χ0v) is 12.8. The molecule has 0 saturated heterocycles. The predicted molar refractivity (Wildman–Crippen MR) is 90.9 cm³/mol. The summed E-state index contributed by atoms with van der Waals surface area (Å²) in [6, 6.07) is 19.7. The van der Waals surface area contributed by atoms with Gasteiger partial charge in [0.2, 0.25) is 0 Å². The lowest BCUT2D eigenvalue weighted by Crippen LogP contribution is -2.20. The van der Waals surface area contributed by atoms with Gasteiger partial charge in [-0.15, -0.1) is 0 Å². The Kier molecular flexibility index (Phi) is 4.54. The van der Waals surface area contributed by atoms with Crippen LogP contribution >= 0.6 is 0 Å². The summed E-state index contributed by atoms with van der Waals surface area (Å²) < 4.78 is 1.59. The molecule has 0 aliphatic rings. The molecule has 1 amide bonds. The van der Waals surface area contributed by atoms with Crippen LogP contribution in [0.3, 0.4) is 0 Å². The van der Waals surface area contributed by atoms with E-state index in [4.69, 9.17) is 5.21 Å². The standard InChI is InChI=1S/C19H16N2O3/c22-18-8-4-5-11-21(18)13-14-9-10-16(19(23)20-24)17(12-14)15-6-2-1-3-7-15/h1-12,24H,13H2,(H,20,23). The maximum Gasteiger partial charge on any atom is 0.275 e. The maximum absolute atomic E-state index is 11.9. The Morgan fingerprint density at radius 1 is 1.00 bits per heavy atom. The summed E-state index contributed by atoms with van der Waals surface area (Å²) in [5.41, 5.74) is 4.40. The molecule has 0 aliphatic carbocycles. The summed E-state index contributed by atoms with van der Waals surface area (Å²) in [6.07, 6.45) is 1.72. The van der Waals surface area contributed by atoms with Crippen molar-refractivity contribution in [1.29, 1.82) is 0 Å². The fraction of sp³-hybridized carbons (Fsp3) is 0.0526. The monoisotopic (exact) mass is 320 g/mol. The van der Waals surface area contributed by atoms with Crippen molar-refractivity contribution >= 4 is 5.91 Å². The van der Waals surface area contributed by atoms with Crippen molar-refractivity contribution in [2.45, 2.75) is 6.54 Å². The van der Waals surface area contributed by atoms with E-state index in [0.717, 1.165) is 11.1 Å². The van der Waals surface area contributed by atoms with Crippen LogP contribution in [0.25, 0.3) is 11.1 Å². The van der Waals surface area contributed by atoms with Gasteiger partial charge in [0.15, 0.2) is 0 Å². The first-order chi connectivity index (χ1) is 11.7. The zero-order chi connectivity index (χ0) is 16.9. The van der Waals surface area contributed by atoms with Crippen molar-refractivity contribution in [2.75, 3.05) is 0 Å². The molecule has 0 radical (unpaired) electrons. The molecule has 24 heavy (non-hydrogen) atoms. The molecule has 5 heteroatoms. The zero-order valence-electron chi connectivity index (χ0n) is 12.8. The van der Waals surface area contributed by atoms with Crippen LogP contribution in [0.2, 0.25) is 0 Å². The molecule has 0 saturated carbocycles. The Bertz CT molecular complexity index is 917. The normalized spacial score (nSPS) is 10.4. The smallest absolute Gasteiger partial charge is 0.275 e. The molecule has 1 heterocycles. The lowest BCUT2D eigenvalue weighted by molar-refractivity contribution is 0.0707. The van der Waals surface area contributed by atoms with E-state index in [2.05, 4.69) is 0 Å². The van der Waals surface area contributed by atoms with Gasteiger partial charge >= 0.3 is 0 Å². The minimum atomic E-state index is -0.572. The van der Waals surface area contributed by atoms with Gasteiger partial charge in [0, 0.05) is 17.8 Å². The number of hydroxylamine groups is 1. The van der Waals surface area contributed by atoms with Crippen LogP contribution in [-0.2, 0) is 6.54 Å². The van der Waals surface area contributed by atoms with Crippen molar-refractivity contribution in [3.63, 3.8) is 0 Å². The van der Waals surface area contributed by atoms with Crippen LogP contribution in [0.5, 0.6) is 0 Å². The van der Waals surface area contributed by atoms with E-state index in [-0.39, 0.29) is 5.56 Å². The second kappa shape index (κ2) is 6.93. The molecular weight excluding hydrogens is 304 g/mol. The Balaban J connectivity index is 2.06. The molecule has 0 atom stereocenters. The van der Waals surface area contributed by atoms with Gasteiger partial charge in [-0.05, 0) is 34.9 Å². The number of aromatic nitrogens is 1. The Labute approximate surface area is 138 Å². The second-order valence-corrected chi connectivity index (χ2v) is 5.35. The van der Waals surface area contributed by atoms with E-state index in [0.29, 0.717) is 17.7 Å². The highest BCUT2D eigenvalue weighted by molar-refractivity contribution is 6.00. The molecule has 0 unspecified atom stereocenters. The van der Waals surface area contributed by atoms with E-state index >= 15 is 0 Å². The number of hydrogen-bond donors (Lipinski definition) is 2. The number of nitrogens with zero attached hydrogens (tertiary/aromatic N) is 1. The molecule has 120 valence electrons. The van der Waals surface area contributed by atoms with E-state index < -0.39 is 5.91 Å². The van der Waals surface area contributed by atoms with Gasteiger partial charge < -0.3 is 4.57 Å². The van der Waals surface area contributed by atoms with Crippen molar-refractivity contribution in [1.82, 2.24) is 10.0 Å². The van der Waals surface area contributed by atoms with Gasteiger partial charge in [0.25, 0.3) is 11.5 Å². The van der Waals surface area contributed by atoms with E-state index in [1.54, 1.807) is 40.5 Å². The summed E-state index contributed by atoms with van der Waals surface area (Å²) in [5.74, 6) is -0.572. The summed E-state index contributed by atoms with van der Waals surface area (Å²) in [5, 5.41) is 8.96. The number of amides is 1. The molecule has 0 fully saturated rings. The predicted octanol–water partition coefficient (Wildman–Crippen LogP) is 2.68. The topological polar surface area (TPSA) is 71.3 Å². The molecule has 3 aromatic rings. The Morgan fingerprint density at radius 3 is 2.46 bits per heavy atom. The van der Waals surface area contributed by atoms with Crippen LogP contribution in [0.4, 0.5) is 0 Å². The summed E-state index contributed by atoms with van der Waals surface area (Å²) in [7, 11) is 0. The molecule has 1 aromatic heterocycles. The van der Waals surface area contributed by atoms with Gasteiger partial charge in [0.1, 0.15) is 0 Å². The van der Waals surface area contributed by atoms with Gasteiger partial charge in [-0.3, -0.25) is 14.8 Å². The van der Waals surface area contributed by atoms with Crippen LogP contribution < -0.4 is 11.0 Å². The molecule has 5 nitrogen and oxygen atoms in total. The first-order valence-corrected chi connectivity index (χ1v) is 7.47. The SMILES string of the molecule is O=C(NO)c1ccc(Cn2ccccc2=O)cc1-c1ccccc1. The molecule has 3 rings (SSSR count). The number of nitrogens with one attached hydrogen (secondary N) is 1. The highest BCUT2D eigenvalue weighted by Gasteiger charge is 2.13. The second-order valence-electron chi connectivity index (χ2n) is 5.35. The van der Waals surface area contributed by atoms with Crippen molar-refractivity contribution in [3.05, 3.63) is 94.4 Å². The van der Waals surface area contributed by atoms with Crippen LogP contribution in [0.1, 0.15) is 15.9 Å². The average Bonchev–Trinajstić information content (AvgIpc) is 2.63. The third kappa shape index (κ3) is 3.26. The average molecular weight is 320 g/mol. The molecule has 2 N–H and O–H groups in total. The minimum absolute atomic E-state index is 0.0871. The molecule has 0 aliphatic heterocycles. The highest BCUT2D eigenvalue weighted by Crippen LogP contribution is 2.25. The van der Waals surface area contributed by atoms with Crippen LogP contribution in [-0.4, -0.2) is 15.7 Å². The lowest BCUT2D eigenvalue weighted by atomic mass is 9.96. The highest BCUT2D eigenvalue weighted by atomic mass is 16.5. The molecule has 0 bridgehead atoms. The number of benzene rings is 2. The number of carbonyl (C=O) groups is 1. The van der Waals surface area contributed by atoms with Gasteiger partial charge in [-0.1, -0.05) is 42.5 Å². The number of pyridine rings is 1. The number of rotatable bonds is 4. The molecular formula is C19H16N2O3. The summed E-state index contributed by atoms with van der Waals surface area (Å²) in [4.78, 5) is 23.8. The number of carbonyl (C=O) groups excluding carboxylic acids is 1. The fourth-order valence-corrected chi connectivity index (χ4v) is 2.59. The Hall–Kier alpha value is -3.18. The third-order valence-electron chi connectivity index (χ3n) is 3.77. The minimum Gasteiger partial charge on any atom is -0.311 e. The van der Waals surface area contributed by atoms with Crippen LogP contribution in [0.15, 0.2) is 77.7 Å². The lowest BCUT2D eigenvalue weighted by Gasteiger charge is -2.12. The largest absolute Gasteiger partial charge is 0.311 e. The molecule has 2 aromatic carbocycles. The number of hydrogen-bond acceptors (Lipinski definition) is 3. The quantitative estimate of drug-likeness (QED) is 0.573.